The summed E-state index contributed by atoms with van der Waals surface area (Å²) in [7, 11) is 0. The Hall–Kier alpha value is -2.95. The van der Waals surface area contributed by atoms with E-state index < -0.39 is 0 Å². The second-order valence-corrected chi connectivity index (χ2v) is 5.02. The van der Waals surface area contributed by atoms with Gasteiger partial charge in [0.05, 0.1) is 11.0 Å². The number of pyridine rings is 2. The number of benzene rings is 1. The van der Waals surface area contributed by atoms with Crippen LogP contribution in [0.4, 0.5) is 5.82 Å². The van der Waals surface area contributed by atoms with E-state index in [1.807, 2.05) is 43.3 Å². The molecule has 0 unspecified atom stereocenters. The number of nitrogens with one attached hydrogen (secondary N) is 1. The van der Waals surface area contributed by atoms with Crippen LogP contribution >= 0.6 is 0 Å². The van der Waals surface area contributed by atoms with Crippen molar-refractivity contribution in [1.82, 2.24) is 19.9 Å². The first kappa shape index (κ1) is 11.8. The summed E-state index contributed by atoms with van der Waals surface area (Å²) in [5.41, 5.74) is 10.1. The second kappa shape index (κ2) is 4.28. The zero-order valence-corrected chi connectivity index (χ0v) is 11.5. The molecule has 0 aliphatic carbocycles. The molecule has 0 saturated carbocycles. The van der Waals surface area contributed by atoms with Crippen molar-refractivity contribution in [3.8, 4) is 11.4 Å². The lowest BCUT2D eigenvalue weighted by Gasteiger charge is -2.05. The fourth-order valence-corrected chi connectivity index (χ4v) is 2.54. The van der Waals surface area contributed by atoms with Crippen LogP contribution in [0.1, 0.15) is 5.69 Å². The molecule has 5 heteroatoms. The maximum atomic E-state index is 5.71. The van der Waals surface area contributed by atoms with Crippen LogP contribution in [0.25, 0.3) is 33.5 Å². The molecule has 0 bridgehead atoms. The van der Waals surface area contributed by atoms with Crippen LogP contribution in [0, 0.1) is 6.92 Å². The number of hydrogen-bond donors (Lipinski definition) is 2. The van der Waals surface area contributed by atoms with Crippen LogP contribution in [0.15, 0.2) is 42.5 Å². The number of anilines is 1. The van der Waals surface area contributed by atoms with Crippen molar-refractivity contribution in [3.05, 3.63) is 48.2 Å². The van der Waals surface area contributed by atoms with Crippen molar-refractivity contribution in [2.75, 3.05) is 5.73 Å². The normalized spacial score (nSPS) is 11.3. The molecule has 3 N–H and O–H groups in total. The summed E-state index contributed by atoms with van der Waals surface area (Å²) in [4.78, 5) is 16.7. The zero-order chi connectivity index (χ0) is 14.4. The highest BCUT2D eigenvalue weighted by Gasteiger charge is 2.11. The number of rotatable bonds is 1. The summed E-state index contributed by atoms with van der Waals surface area (Å²) in [6.07, 6.45) is 0. The van der Waals surface area contributed by atoms with Gasteiger partial charge in [0, 0.05) is 16.6 Å². The van der Waals surface area contributed by atoms with Crippen LogP contribution in [0.5, 0.6) is 0 Å². The Labute approximate surface area is 120 Å². The molecule has 4 rings (SSSR count). The van der Waals surface area contributed by atoms with E-state index in [0.717, 1.165) is 33.5 Å². The van der Waals surface area contributed by atoms with E-state index in [2.05, 4.69) is 19.9 Å². The Kier molecular flexibility index (Phi) is 2.41. The van der Waals surface area contributed by atoms with E-state index in [-0.39, 0.29) is 0 Å². The lowest BCUT2D eigenvalue weighted by atomic mass is 10.1. The molecule has 102 valence electrons. The van der Waals surface area contributed by atoms with Crippen molar-refractivity contribution >= 4 is 27.9 Å². The molecule has 21 heavy (non-hydrogen) atoms. The molecule has 0 radical (unpaired) electrons. The third kappa shape index (κ3) is 1.90. The number of H-pyrrole nitrogens is 1. The van der Waals surface area contributed by atoms with Crippen molar-refractivity contribution in [1.29, 1.82) is 0 Å². The van der Waals surface area contributed by atoms with Crippen LogP contribution in [0.3, 0.4) is 0 Å². The van der Waals surface area contributed by atoms with Gasteiger partial charge in [-0.25, -0.2) is 9.97 Å². The van der Waals surface area contributed by atoms with Crippen LogP contribution < -0.4 is 5.73 Å². The van der Waals surface area contributed by atoms with E-state index in [1.165, 1.54) is 0 Å². The number of fused-ring (bicyclic) bond motifs is 2. The van der Waals surface area contributed by atoms with Crippen LogP contribution in [-0.4, -0.2) is 19.9 Å². The molecule has 3 aromatic heterocycles. The maximum absolute atomic E-state index is 5.71. The summed E-state index contributed by atoms with van der Waals surface area (Å²) in [6, 6.07) is 13.7. The molecular formula is C16H13N5. The molecule has 0 aliphatic heterocycles. The molecule has 5 nitrogen and oxygen atoms in total. The molecule has 0 amide bonds. The molecule has 4 aromatic rings. The average Bonchev–Trinajstić information content (AvgIpc) is 2.89. The van der Waals surface area contributed by atoms with Gasteiger partial charge in [-0.15, -0.1) is 0 Å². The predicted octanol–water partition coefficient (Wildman–Crippen LogP) is 3.06. The van der Waals surface area contributed by atoms with Gasteiger partial charge in [-0.3, -0.25) is 4.98 Å². The first-order valence-corrected chi connectivity index (χ1v) is 6.70. The van der Waals surface area contributed by atoms with Crippen molar-refractivity contribution in [3.63, 3.8) is 0 Å². The number of aromatic nitrogens is 4. The predicted molar refractivity (Wildman–Crippen MR) is 83.8 cm³/mol. The van der Waals surface area contributed by atoms with Gasteiger partial charge in [-0.05, 0) is 31.2 Å². The van der Waals surface area contributed by atoms with Gasteiger partial charge in [-0.2, -0.15) is 0 Å². The average molecular weight is 275 g/mol. The first-order valence-electron chi connectivity index (χ1n) is 6.70. The van der Waals surface area contributed by atoms with E-state index >= 15 is 0 Å². The largest absolute Gasteiger partial charge is 0.384 e. The van der Waals surface area contributed by atoms with Crippen molar-refractivity contribution < 1.29 is 0 Å². The molecule has 0 aliphatic rings. The van der Waals surface area contributed by atoms with Gasteiger partial charge in [-0.1, -0.05) is 18.2 Å². The van der Waals surface area contributed by atoms with E-state index in [9.17, 15) is 0 Å². The third-order valence-corrected chi connectivity index (χ3v) is 3.47. The number of aromatic amines is 1. The van der Waals surface area contributed by atoms with E-state index in [0.29, 0.717) is 11.5 Å². The quantitative estimate of drug-likeness (QED) is 0.559. The molecule has 3 heterocycles. The number of nitrogens with two attached hydrogens (primary N) is 1. The summed E-state index contributed by atoms with van der Waals surface area (Å²) in [5.74, 6) is 1.25. The lowest BCUT2D eigenvalue weighted by molar-refractivity contribution is 1.24. The minimum absolute atomic E-state index is 0.469. The highest BCUT2D eigenvalue weighted by Crippen LogP contribution is 2.28. The second-order valence-electron chi connectivity index (χ2n) is 5.02. The van der Waals surface area contributed by atoms with Gasteiger partial charge in [0.1, 0.15) is 11.6 Å². The number of para-hydroxylation sites is 1. The summed E-state index contributed by atoms with van der Waals surface area (Å²) < 4.78 is 0. The Morgan fingerprint density at radius 1 is 1.00 bits per heavy atom. The SMILES string of the molecule is Cc1cc(-c2nc3nc(N)ccc3[nH]2)c2ccccc2n1. The fraction of sp³-hybridized carbons (Fsp3) is 0.0625. The zero-order valence-electron chi connectivity index (χ0n) is 11.5. The van der Waals surface area contributed by atoms with Gasteiger partial charge in [0.25, 0.3) is 0 Å². The van der Waals surface area contributed by atoms with Crippen molar-refractivity contribution in [2.45, 2.75) is 6.92 Å². The number of hydrogen-bond acceptors (Lipinski definition) is 4. The number of aryl methyl sites for hydroxylation is 1. The Balaban J connectivity index is 2.03. The highest BCUT2D eigenvalue weighted by molar-refractivity contribution is 5.94. The number of imidazole rings is 1. The molecule has 0 atom stereocenters. The Morgan fingerprint density at radius 2 is 1.86 bits per heavy atom. The first-order chi connectivity index (χ1) is 10.2. The molecule has 0 fully saturated rings. The monoisotopic (exact) mass is 275 g/mol. The standard InChI is InChI=1S/C16H13N5/c1-9-8-11(10-4-2-3-5-12(10)18-9)15-19-13-6-7-14(17)20-16(13)21-15/h2-8H,1H3,(H3,17,19,20,21). The van der Waals surface area contributed by atoms with Crippen LogP contribution in [-0.2, 0) is 0 Å². The summed E-state index contributed by atoms with van der Waals surface area (Å²) in [5, 5.41) is 1.06. The van der Waals surface area contributed by atoms with Gasteiger partial charge in [0.2, 0.25) is 0 Å². The van der Waals surface area contributed by atoms with Gasteiger partial charge in [0.15, 0.2) is 5.65 Å². The fourth-order valence-electron chi connectivity index (χ4n) is 2.54. The lowest BCUT2D eigenvalue weighted by Crippen LogP contribution is -1.90. The van der Waals surface area contributed by atoms with E-state index in [1.54, 1.807) is 6.07 Å². The number of nitrogens with zero attached hydrogens (tertiary/aromatic N) is 3. The molecule has 1 aromatic carbocycles. The van der Waals surface area contributed by atoms with Gasteiger partial charge >= 0.3 is 0 Å². The van der Waals surface area contributed by atoms with Crippen LogP contribution in [0.2, 0.25) is 0 Å². The topological polar surface area (TPSA) is 80.5 Å². The Morgan fingerprint density at radius 3 is 2.76 bits per heavy atom. The third-order valence-electron chi connectivity index (χ3n) is 3.47. The minimum Gasteiger partial charge on any atom is -0.384 e. The summed E-state index contributed by atoms with van der Waals surface area (Å²) in [6.45, 7) is 1.98. The molecule has 0 saturated heterocycles. The van der Waals surface area contributed by atoms with E-state index in [4.69, 9.17) is 5.73 Å². The number of nitrogen functional groups attached to an aromatic ring is 1. The van der Waals surface area contributed by atoms with Gasteiger partial charge < -0.3 is 10.7 Å². The Bertz CT molecular complexity index is 971. The van der Waals surface area contributed by atoms with Crippen molar-refractivity contribution in [2.24, 2.45) is 0 Å². The smallest absolute Gasteiger partial charge is 0.180 e. The summed E-state index contributed by atoms with van der Waals surface area (Å²) >= 11 is 0. The highest BCUT2D eigenvalue weighted by atomic mass is 15.0. The minimum atomic E-state index is 0.469. The molecular weight excluding hydrogens is 262 g/mol. The molecule has 0 spiro atoms. The maximum Gasteiger partial charge on any atom is 0.180 e.